The highest BCUT2D eigenvalue weighted by Crippen LogP contribution is 2.34. The topological polar surface area (TPSA) is 47.4 Å². The number of hydrogen-bond acceptors (Lipinski definition) is 6. The lowest BCUT2D eigenvalue weighted by Gasteiger charge is -2.25. The Kier molecular flexibility index (Phi) is 5.99. The van der Waals surface area contributed by atoms with Crippen molar-refractivity contribution >= 4 is 33.3 Å². The highest BCUT2D eigenvalue weighted by molar-refractivity contribution is 7.99. The van der Waals surface area contributed by atoms with Gasteiger partial charge in [-0.3, -0.25) is 14.3 Å². The molecule has 4 rings (SSSR count). The molecule has 0 saturated carbocycles. The van der Waals surface area contributed by atoms with Crippen molar-refractivity contribution < 1.29 is 4.74 Å². The Hall–Kier alpha value is -1.83. The molecule has 3 heterocycles. The quantitative estimate of drug-likeness (QED) is 0.424. The van der Waals surface area contributed by atoms with Gasteiger partial charge in [-0.2, -0.15) is 0 Å². The molecule has 0 bridgehead atoms. The van der Waals surface area contributed by atoms with E-state index in [9.17, 15) is 4.79 Å². The molecule has 2 aromatic heterocycles. The zero-order chi connectivity index (χ0) is 20.5. The largest absolute Gasteiger partial charge is 0.497 e. The van der Waals surface area contributed by atoms with Crippen LogP contribution in [-0.2, 0) is 13.0 Å². The van der Waals surface area contributed by atoms with Crippen LogP contribution in [-0.4, -0.2) is 40.4 Å². The summed E-state index contributed by atoms with van der Waals surface area (Å²) < 4.78 is 7.17. The lowest BCUT2D eigenvalue weighted by Crippen LogP contribution is -2.30. The van der Waals surface area contributed by atoms with Crippen LogP contribution in [0.2, 0.25) is 0 Å². The molecule has 0 spiro atoms. The Morgan fingerprint density at radius 3 is 2.90 bits per heavy atom. The molecule has 0 saturated heterocycles. The van der Waals surface area contributed by atoms with E-state index in [0.717, 1.165) is 58.6 Å². The summed E-state index contributed by atoms with van der Waals surface area (Å²) in [4.78, 5) is 23.3. The van der Waals surface area contributed by atoms with Gasteiger partial charge in [0.25, 0.3) is 5.56 Å². The number of methoxy groups -OCH3 is 1. The lowest BCUT2D eigenvalue weighted by molar-refractivity contribution is 0.272. The number of thioether (sulfide) groups is 1. The van der Waals surface area contributed by atoms with Gasteiger partial charge in [-0.15, -0.1) is 11.3 Å². The zero-order valence-corrected chi connectivity index (χ0v) is 19.0. The van der Waals surface area contributed by atoms with E-state index in [2.05, 4.69) is 25.7 Å². The van der Waals surface area contributed by atoms with Gasteiger partial charge >= 0.3 is 0 Å². The van der Waals surface area contributed by atoms with Crippen LogP contribution in [0.25, 0.3) is 15.9 Å². The summed E-state index contributed by atoms with van der Waals surface area (Å²) in [5.74, 6) is 2.16. The van der Waals surface area contributed by atoms with Crippen molar-refractivity contribution in [2.75, 3.05) is 26.0 Å². The fraction of sp³-hybridized carbons (Fsp3) is 0.455. The molecule has 29 heavy (non-hydrogen) atoms. The minimum absolute atomic E-state index is 0.0388. The van der Waals surface area contributed by atoms with Crippen molar-refractivity contribution in [3.8, 4) is 11.4 Å². The summed E-state index contributed by atoms with van der Waals surface area (Å²) in [5, 5.41) is 1.56. The number of likely N-dealkylation sites (N-methyl/N-ethyl adjacent to an activating group) is 1. The van der Waals surface area contributed by atoms with Gasteiger partial charge in [0.2, 0.25) is 0 Å². The normalized spacial score (nSPS) is 14.5. The highest BCUT2D eigenvalue weighted by Gasteiger charge is 2.25. The molecular weight excluding hydrogens is 402 g/mol. The molecule has 5 nitrogen and oxygen atoms in total. The second kappa shape index (κ2) is 8.50. The molecular formula is C22H27N3O2S2. The predicted molar refractivity (Wildman–Crippen MR) is 122 cm³/mol. The molecule has 0 fully saturated rings. The average Bonchev–Trinajstić information content (AvgIpc) is 3.09. The molecule has 1 aromatic carbocycles. The van der Waals surface area contributed by atoms with Crippen LogP contribution < -0.4 is 10.3 Å². The molecule has 3 aromatic rings. The van der Waals surface area contributed by atoms with E-state index >= 15 is 0 Å². The minimum Gasteiger partial charge on any atom is -0.497 e. The van der Waals surface area contributed by atoms with Crippen molar-refractivity contribution in [2.45, 2.75) is 38.9 Å². The molecule has 0 aliphatic carbocycles. The number of nitrogens with zero attached hydrogens (tertiary/aromatic N) is 3. The summed E-state index contributed by atoms with van der Waals surface area (Å²) in [6.07, 6.45) is 0.913. The molecule has 0 atom stereocenters. The molecule has 7 heteroatoms. The number of thiophene rings is 1. The van der Waals surface area contributed by atoms with Crippen molar-refractivity contribution in [3.63, 3.8) is 0 Å². The summed E-state index contributed by atoms with van der Waals surface area (Å²) in [6.45, 7) is 9.50. The minimum atomic E-state index is 0.0388. The van der Waals surface area contributed by atoms with Crippen molar-refractivity contribution in [1.29, 1.82) is 0 Å². The van der Waals surface area contributed by atoms with E-state index in [4.69, 9.17) is 9.72 Å². The van der Waals surface area contributed by atoms with Crippen LogP contribution in [0, 0.1) is 5.92 Å². The van der Waals surface area contributed by atoms with Crippen molar-refractivity contribution in [1.82, 2.24) is 14.5 Å². The van der Waals surface area contributed by atoms with Crippen LogP contribution in [0.5, 0.6) is 5.75 Å². The maximum absolute atomic E-state index is 13.7. The van der Waals surface area contributed by atoms with Crippen molar-refractivity contribution in [2.24, 2.45) is 5.92 Å². The summed E-state index contributed by atoms with van der Waals surface area (Å²) in [7, 11) is 1.65. The number of aromatic nitrogens is 2. The van der Waals surface area contributed by atoms with E-state index in [-0.39, 0.29) is 5.56 Å². The standard InChI is InChI=1S/C22H27N3O2S2/c1-5-24-10-9-17-18(12-24)29-20-19(17)21(26)25(22(23-20)28-13-14(2)3)15-7-6-8-16(11-15)27-4/h6-8,11,14H,5,9-10,12-13H2,1-4H3. The van der Waals surface area contributed by atoms with E-state index < -0.39 is 0 Å². The Bertz CT molecular complexity index is 1090. The van der Waals surface area contributed by atoms with E-state index in [1.165, 1.54) is 10.4 Å². The molecule has 154 valence electrons. The summed E-state index contributed by atoms with van der Waals surface area (Å²) >= 11 is 3.34. The first-order valence-electron chi connectivity index (χ1n) is 10.1. The number of fused-ring (bicyclic) bond motifs is 3. The first-order valence-corrected chi connectivity index (χ1v) is 11.9. The van der Waals surface area contributed by atoms with Gasteiger partial charge in [-0.25, -0.2) is 4.98 Å². The van der Waals surface area contributed by atoms with Crippen molar-refractivity contribution in [3.05, 3.63) is 45.1 Å². The Labute approximate surface area is 179 Å². The van der Waals surface area contributed by atoms with Gasteiger partial charge in [-0.1, -0.05) is 38.6 Å². The third kappa shape index (κ3) is 3.96. The van der Waals surface area contributed by atoms with Gasteiger partial charge in [0, 0.05) is 29.8 Å². The second-order valence-electron chi connectivity index (χ2n) is 7.74. The van der Waals surface area contributed by atoms with Gasteiger partial charge in [0.15, 0.2) is 5.16 Å². The Balaban J connectivity index is 1.92. The van der Waals surface area contributed by atoms with E-state index in [1.807, 2.05) is 24.3 Å². The van der Waals surface area contributed by atoms with Gasteiger partial charge in [-0.05, 0) is 36.6 Å². The van der Waals surface area contributed by atoms with Gasteiger partial charge < -0.3 is 4.74 Å². The van der Waals surface area contributed by atoms with Crippen LogP contribution in [0.1, 0.15) is 31.2 Å². The lowest BCUT2D eigenvalue weighted by atomic mass is 10.1. The molecule has 0 amide bonds. The summed E-state index contributed by atoms with van der Waals surface area (Å²) in [6, 6.07) is 7.68. The second-order valence-corrected chi connectivity index (χ2v) is 9.81. The third-order valence-electron chi connectivity index (χ3n) is 5.23. The fourth-order valence-corrected chi connectivity index (χ4v) is 5.93. The van der Waals surface area contributed by atoms with Gasteiger partial charge in [0.05, 0.1) is 18.2 Å². The SMILES string of the molecule is CCN1CCc2c(sc3nc(SCC(C)C)n(-c4cccc(OC)c4)c(=O)c23)C1. The molecule has 0 radical (unpaired) electrons. The number of ether oxygens (including phenoxy) is 1. The highest BCUT2D eigenvalue weighted by atomic mass is 32.2. The monoisotopic (exact) mass is 429 g/mol. The number of rotatable bonds is 6. The molecule has 0 unspecified atom stereocenters. The maximum Gasteiger partial charge on any atom is 0.267 e. The Morgan fingerprint density at radius 2 is 2.17 bits per heavy atom. The van der Waals surface area contributed by atoms with Crippen LogP contribution in [0.15, 0.2) is 34.2 Å². The molecule has 1 aliphatic rings. The van der Waals surface area contributed by atoms with Crippen LogP contribution in [0.4, 0.5) is 0 Å². The number of benzene rings is 1. The third-order valence-corrected chi connectivity index (χ3v) is 7.70. The van der Waals surface area contributed by atoms with Gasteiger partial charge in [0.1, 0.15) is 10.6 Å². The number of hydrogen-bond donors (Lipinski definition) is 0. The molecule has 1 aliphatic heterocycles. The van der Waals surface area contributed by atoms with Crippen LogP contribution in [0.3, 0.4) is 0 Å². The first-order chi connectivity index (χ1) is 14.0. The van der Waals surface area contributed by atoms with E-state index in [1.54, 1.807) is 34.8 Å². The first kappa shape index (κ1) is 20.4. The van der Waals surface area contributed by atoms with E-state index in [0.29, 0.717) is 5.92 Å². The summed E-state index contributed by atoms with van der Waals surface area (Å²) in [5.41, 5.74) is 2.04. The predicted octanol–water partition coefficient (Wildman–Crippen LogP) is 4.58. The average molecular weight is 430 g/mol. The van der Waals surface area contributed by atoms with Crippen LogP contribution >= 0.6 is 23.1 Å². The Morgan fingerprint density at radius 1 is 1.34 bits per heavy atom. The smallest absolute Gasteiger partial charge is 0.267 e. The zero-order valence-electron chi connectivity index (χ0n) is 17.4. The molecule has 0 N–H and O–H groups in total. The fourth-order valence-electron chi connectivity index (χ4n) is 3.66. The maximum atomic E-state index is 13.7.